The summed E-state index contributed by atoms with van der Waals surface area (Å²) in [5, 5.41) is 4.50. The fraction of sp³-hybridized carbons (Fsp3) is 0.333. The standard InChI is InChI=1S/C21H24ClN3O3S/c22-18-9-7-8-17(14-18)15-23-24-21(26)16-25(19-10-3-1-4-11-19)29(27,28)20-12-5-2-6-13-20/h2,5-9,12-15,19H,1,3-4,10-11,16H2,(H,24,26)/b23-15+. The van der Waals surface area contributed by atoms with Crippen LogP contribution in [0.25, 0.3) is 0 Å². The summed E-state index contributed by atoms with van der Waals surface area (Å²) in [5.41, 5.74) is 3.16. The van der Waals surface area contributed by atoms with Gasteiger partial charge in [0.2, 0.25) is 10.0 Å². The van der Waals surface area contributed by atoms with E-state index in [1.165, 1.54) is 10.5 Å². The van der Waals surface area contributed by atoms with Gasteiger partial charge in [0.1, 0.15) is 0 Å². The number of hydrogen-bond acceptors (Lipinski definition) is 4. The molecule has 0 bridgehead atoms. The van der Waals surface area contributed by atoms with E-state index in [4.69, 9.17) is 11.6 Å². The van der Waals surface area contributed by atoms with Gasteiger partial charge in [0.15, 0.2) is 0 Å². The van der Waals surface area contributed by atoms with Crippen LogP contribution in [0.1, 0.15) is 37.7 Å². The molecule has 0 heterocycles. The first-order valence-electron chi connectivity index (χ1n) is 9.61. The number of hydrazone groups is 1. The molecule has 0 saturated heterocycles. The normalized spacial score (nSPS) is 15.7. The molecule has 1 fully saturated rings. The van der Waals surface area contributed by atoms with Gasteiger partial charge >= 0.3 is 0 Å². The van der Waals surface area contributed by atoms with Crippen molar-refractivity contribution in [2.45, 2.75) is 43.0 Å². The monoisotopic (exact) mass is 433 g/mol. The van der Waals surface area contributed by atoms with Crippen molar-refractivity contribution in [2.75, 3.05) is 6.54 Å². The zero-order chi connectivity index (χ0) is 20.7. The van der Waals surface area contributed by atoms with Crippen LogP contribution in [-0.4, -0.2) is 37.4 Å². The summed E-state index contributed by atoms with van der Waals surface area (Å²) in [7, 11) is -3.78. The van der Waals surface area contributed by atoms with Crippen molar-refractivity contribution in [3.63, 3.8) is 0 Å². The third-order valence-electron chi connectivity index (χ3n) is 4.88. The molecule has 8 heteroatoms. The van der Waals surface area contributed by atoms with Crippen molar-refractivity contribution in [1.29, 1.82) is 0 Å². The van der Waals surface area contributed by atoms with Crippen molar-refractivity contribution < 1.29 is 13.2 Å². The lowest BCUT2D eigenvalue weighted by atomic mass is 9.95. The number of sulfonamides is 1. The number of carbonyl (C=O) groups excluding carboxylic acids is 1. The number of nitrogens with one attached hydrogen (secondary N) is 1. The van der Waals surface area contributed by atoms with Crippen molar-refractivity contribution >= 4 is 33.7 Å². The van der Waals surface area contributed by atoms with E-state index in [2.05, 4.69) is 10.5 Å². The molecule has 1 aliphatic carbocycles. The zero-order valence-electron chi connectivity index (χ0n) is 16.0. The molecule has 154 valence electrons. The van der Waals surface area contributed by atoms with E-state index in [1.54, 1.807) is 54.6 Å². The number of nitrogens with zero attached hydrogens (tertiary/aromatic N) is 2. The highest BCUT2D eigenvalue weighted by Gasteiger charge is 2.33. The van der Waals surface area contributed by atoms with Gasteiger partial charge in [0, 0.05) is 11.1 Å². The second-order valence-electron chi connectivity index (χ2n) is 7.00. The van der Waals surface area contributed by atoms with Crippen molar-refractivity contribution in [3.8, 4) is 0 Å². The summed E-state index contributed by atoms with van der Waals surface area (Å²) in [5.74, 6) is -0.478. The lowest BCUT2D eigenvalue weighted by Gasteiger charge is -2.32. The molecular formula is C21H24ClN3O3S. The van der Waals surface area contributed by atoms with Crippen LogP contribution in [0.4, 0.5) is 0 Å². The van der Waals surface area contributed by atoms with Gasteiger partial charge in [-0.2, -0.15) is 9.41 Å². The van der Waals surface area contributed by atoms with E-state index < -0.39 is 15.9 Å². The fourth-order valence-electron chi connectivity index (χ4n) is 3.45. The van der Waals surface area contributed by atoms with E-state index in [0.717, 1.165) is 37.7 Å². The Bertz CT molecular complexity index is 958. The predicted molar refractivity (Wildman–Crippen MR) is 114 cm³/mol. The molecule has 6 nitrogen and oxygen atoms in total. The zero-order valence-corrected chi connectivity index (χ0v) is 17.6. The lowest BCUT2D eigenvalue weighted by Crippen LogP contribution is -2.46. The van der Waals surface area contributed by atoms with Gasteiger partial charge in [-0.15, -0.1) is 0 Å². The highest BCUT2D eigenvalue weighted by molar-refractivity contribution is 7.89. The van der Waals surface area contributed by atoms with Crippen LogP contribution >= 0.6 is 11.6 Å². The molecule has 1 aliphatic rings. The minimum Gasteiger partial charge on any atom is -0.272 e. The Kier molecular flexibility index (Phi) is 7.41. The highest BCUT2D eigenvalue weighted by atomic mass is 35.5. The number of carbonyl (C=O) groups is 1. The molecule has 0 radical (unpaired) electrons. The van der Waals surface area contributed by atoms with E-state index >= 15 is 0 Å². The minimum absolute atomic E-state index is 0.184. The molecule has 3 rings (SSSR count). The van der Waals surface area contributed by atoms with E-state index in [1.807, 2.05) is 0 Å². The molecule has 0 aromatic heterocycles. The highest BCUT2D eigenvalue weighted by Crippen LogP contribution is 2.27. The van der Waals surface area contributed by atoms with Gasteiger partial charge in [0.05, 0.1) is 17.7 Å². The summed E-state index contributed by atoms with van der Waals surface area (Å²) in [6, 6.07) is 15.1. The van der Waals surface area contributed by atoms with Gasteiger partial charge in [0.25, 0.3) is 5.91 Å². The molecule has 1 N–H and O–H groups in total. The Hall–Kier alpha value is -2.22. The fourth-order valence-corrected chi connectivity index (χ4v) is 5.31. The maximum atomic E-state index is 13.2. The van der Waals surface area contributed by atoms with Gasteiger partial charge < -0.3 is 0 Å². The Morgan fingerprint density at radius 1 is 1.10 bits per heavy atom. The van der Waals surface area contributed by atoms with Crippen LogP contribution < -0.4 is 5.43 Å². The number of hydrogen-bond donors (Lipinski definition) is 1. The van der Waals surface area contributed by atoms with E-state index in [9.17, 15) is 13.2 Å². The van der Waals surface area contributed by atoms with Crippen LogP contribution in [0.15, 0.2) is 64.6 Å². The molecule has 0 spiro atoms. The molecule has 29 heavy (non-hydrogen) atoms. The quantitative estimate of drug-likeness (QED) is 0.532. The lowest BCUT2D eigenvalue weighted by molar-refractivity contribution is -0.121. The molecule has 2 aromatic rings. The topological polar surface area (TPSA) is 78.8 Å². The molecule has 0 aliphatic heterocycles. The number of rotatable bonds is 7. The number of halogens is 1. The summed E-state index contributed by atoms with van der Waals surface area (Å²) in [6.07, 6.45) is 5.99. The van der Waals surface area contributed by atoms with Gasteiger partial charge in [-0.1, -0.05) is 61.2 Å². The Labute approximate surface area is 176 Å². The average Bonchev–Trinajstić information content (AvgIpc) is 2.73. The van der Waals surface area contributed by atoms with Crippen LogP contribution in [0, 0.1) is 0 Å². The third-order valence-corrected chi connectivity index (χ3v) is 7.03. The van der Waals surface area contributed by atoms with E-state index in [-0.39, 0.29) is 17.5 Å². The molecule has 0 unspecified atom stereocenters. The SMILES string of the molecule is O=C(CN(C1CCCCC1)S(=O)(=O)c1ccccc1)N/N=C/c1cccc(Cl)c1. The van der Waals surface area contributed by atoms with Crippen LogP contribution in [0.5, 0.6) is 0 Å². The molecule has 2 aromatic carbocycles. The van der Waals surface area contributed by atoms with Crippen molar-refractivity contribution in [1.82, 2.24) is 9.73 Å². The largest absolute Gasteiger partial charge is 0.272 e. The van der Waals surface area contributed by atoms with Crippen molar-refractivity contribution in [2.24, 2.45) is 5.10 Å². The summed E-state index contributed by atoms with van der Waals surface area (Å²) in [6.45, 7) is -0.269. The molecule has 1 amide bonds. The Morgan fingerprint density at radius 2 is 1.83 bits per heavy atom. The molecular weight excluding hydrogens is 410 g/mol. The van der Waals surface area contributed by atoms with Crippen LogP contribution in [0.2, 0.25) is 5.02 Å². The first kappa shape index (κ1) is 21.5. The summed E-state index contributed by atoms with van der Waals surface area (Å²) in [4.78, 5) is 12.7. The van der Waals surface area contributed by atoms with Crippen molar-refractivity contribution in [3.05, 3.63) is 65.2 Å². The first-order chi connectivity index (χ1) is 14.0. The van der Waals surface area contributed by atoms with Crippen LogP contribution in [-0.2, 0) is 14.8 Å². The molecule has 1 saturated carbocycles. The molecule has 0 atom stereocenters. The smallest absolute Gasteiger partial charge is 0.255 e. The minimum atomic E-state index is -3.78. The second-order valence-corrected chi connectivity index (χ2v) is 9.33. The number of benzene rings is 2. The first-order valence-corrected chi connectivity index (χ1v) is 11.4. The maximum Gasteiger partial charge on any atom is 0.255 e. The van der Waals surface area contributed by atoms with Gasteiger partial charge in [-0.25, -0.2) is 13.8 Å². The second kappa shape index (κ2) is 10.0. The summed E-state index contributed by atoms with van der Waals surface area (Å²) >= 11 is 5.93. The average molecular weight is 434 g/mol. The van der Waals surface area contributed by atoms with Crippen LogP contribution in [0.3, 0.4) is 0 Å². The summed E-state index contributed by atoms with van der Waals surface area (Å²) < 4.78 is 27.7. The van der Waals surface area contributed by atoms with Gasteiger partial charge in [-0.05, 0) is 42.7 Å². The maximum absolute atomic E-state index is 13.2. The Morgan fingerprint density at radius 3 is 2.52 bits per heavy atom. The third kappa shape index (κ3) is 5.88. The predicted octanol–water partition coefficient (Wildman–Crippen LogP) is 3.81. The Balaban J connectivity index is 1.73. The van der Waals surface area contributed by atoms with Gasteiger partial charge in [-0.3, -0.25) is 4.79 Å². The number of amides is 1. The van der Waals surface area contributed by atoms with E-state index in [0.29, 0.717) is 5.02 Å².